The summed E-state index contributed by atoms with van der Waals surface area (Å²) in [6.07, 6.45) is 2.18. The third-order valence-electron chi connectivity index (χ3n) is 3.27. The van der Waals surface area contributed by atoms with E-state index < -0.39 is 0 Å². The van der Waals surface area contributed by atoms with Crippen LogP contribution in [0.3, 0.4) is 0 Å². The van der Waals surface area contributed by atoms with Crippen molar-refractivity contribution in [1.82, 2.24) is 9.47 Å². The minimum atomic E-state index is 0.0530. The number of hydrogen-bond donors (Lipinski definition) is 1. The van der Waals surface area contributed by atoms with Gasteiger partial charge in [-0.1, -0.05) is 13.8 Å². The number of hydrogen-bond acceptors (Lipinski definition) is 3. The number of likely N-dealkylation sites (N-methyl/N-ethyl adjacent to an activating group) is 1. The van der Waals surface area contributed by atoms with E-state index in [0.29, 0.717) is 13.2 Å². The predicted molar refractivity (Wildman–Crippen MR) is 81.4 cm³/mol. The summed E-state index contributed by atoms with van der Waals surface area (Å²) in [6.45, 7) is 14.0. The lowest BCUT2D eigenvalue weighted by Crippen LogP contribution is -2.46. The van der Waals surface area contributed by atoms with Gasteiger partial charge in [0, 0.05) is 36.2 Å². The molecule has 0 fully saturated rings. The monoisotopic (exact) mass is 264 g/mol. The van der Waals surface area contributed by atoms with Gasteiger partial charge >= 0.3 is 0 Å². The zero-order chi connectivity index (χ0) is 14.8. The zero-order valence-electron chi connectivity index (χ0n) is 13.4. The maximum absolute atomic E-state index is 5.87. The van der Waals surface area contributed by atoms with Gasteiger partial charge in [0.1, 0.15) is 12.2 Å². The lowest BCUT2D eigenvalue weighted by atomic mass is 10.1. The number of nitrogens with zero attached hydrogens (tertiary/aromatic N) is 3. The molecule has 0 amide bonds. The molecule has 0 aromatic carbocycles. The van der Waals surface area contributed by atoms with Crippen molar-refractivity contribution in [3.8, 4) is 0 Å². The first kappa shape index (κ1) is 15.8. The Balaban J connectivity index is 0.000000861. The summed E-state index contributed by atoms with van der Waals surface area (Å²) in [6, 6.07) is 0. The number of aromatic nitrogens is 1. The van der Waals surface area contributed by atoms with Crippen LogP contribution < -0.4 is 16.4 Å². The maximum Gasteiger partial charge on any atom is 0.139 e. The molecule has 0 bridgehead atoms. The van der Waals surface area contributed by atoms with Crippen LogP contribution in [0.15, 0.2) is 11.2 Å². The SMILES string of the molecule is CC.Cc1cn(C(C)(C)C)c2c1=C(CN)N(C)CN=2. The maximum atomic E-state index is 5.87. The van der Waals surface area contributed by atoms with Gasteiger partial charge in [0.2, 0.25) is 0 Å². The summed E-state index contributed by atoms with van der Waals surface area (Å²) in [5.41, 5.74) is 9.44. The van der Waals surface area contributed by atoms with Crippen LogP contribution in [0.5, 0.6) is 0 Å². The van der Waals surface area contributed by atoms with E-state index >= 15 is 0 Å². The predicted octanol–water partition coefficient (Wildman–Crippen LogP) is 1.17. The third-order valence-corrected chi connectivity index (χ3v) is 3.27. The Hall–Kier alpha value is -1.29. The lowest BCUT2D eigenvalue weighted by Gasteiger charge is -2.25. The largest absolute Gasteiger partial charge is 0.357 e. The van der Waals surface area contributed by atoms with Crippen LogP contribution in [-0.2, 0) is 5.54 Å². The Morgan fingerprint density at radius 3 is 2.37 bits per heavy atom. The summed E-state index contributed by atoms with van der Waals surface area (Å²) < 4.78 is 2.25. The van der Waals surface area contributed by atoms with E-state index in [1.165, 1.54) is 16.5 Å². The van der Waals surface area contributed by atoms with Crippen LogP contribution >= 0.6 is 0 Å². The Morgan fingerprint density at radius 1 is 1.32 bits per heavy atom. The van der Waals surface area contributed by atoms with Crippen molar-refractivity contribution in [1.29, 1.82) is 0 Å². The molecule has 1 aliphatic rings. The molecule has 2 N–H and O–H groups in total. The summed E-state index contributed by atoms with van der Waals surface area (Å²) >= 11 is 0. The fourth-order valence-corrected chi connectivity index (χ4v) is 2.35. The molecule has 1 aromatic rings. The van der Waals surface area contributed by atoms with Crippen LogP contribution in [0.1, 0.15) is 40.2 Å². The highest BCUT2D eigenvalue weighted by atomic mass is 15.2. The standard InChI is InChI=1S/C13H22N4.C2H6/c1-9-7-17(13(2,3)4)12-11(9)10(6-14)16(5)8-15-12;1-2/h7H,6,8,14H2,1-5H3;1-2H3. The van der Waals surface area contributed by atoms with E-state index in [4.69, 9.17) is 5.73 Å². The molecule has 4 nitrogen and oxygen atoms in total. The number of nitrogens with two attached hydrogens (primary N) is 1. The summed E-state index contributed by atoms with van der Waals surface area (Å²) in [7, 11) is 2.04. The van der Waals surface area contributed by atoms with E-state index in [1.54, 1.807) is 0 Å². The molecule has 0 saturated heterocycles. The summed E-state index contributed by atoms with van der Waals surface area (Å²) in [4.78, 5) is 6.80. The van der Waals surface area contributed by atoms with E-state index in [-0.39, 0.29) is 5.54 Å². The molecular formula is C15H28N4. The number of rotatable bonds is 1. The molecule has 1 aliphatic heterocycles. The van der Waals surface area contributed by atoms with Crippen molar-refractivity contribution >= 4 is 5.70 Å². The second-order valence-corrected chi connectivity index (χ2v) is 5.70. The molecule has 0 unspecified atom stereocenters. The van der Waals surface area contributed by atoms with E-state index in [9.17, 15) is 0 Å². The normalized spacial score (nSPS) is 14.5. The first-order valence-corrected chi connectivity index (χ1v) is 7.03. The summed E-state index contributed by atoms with van der Waals surface area (Å²) in [5, 5.41) is 1.22. The fraction of sp³-hybridized carbons (Fsp3) is 0.667. The van der Waals surface area contributed by atoms with Gasteiger partial charge in [-0.2, -0.15) is 0 Å². The minimum Gasteiger partial charge on any atom is -0.357 e. The fourth-order valence-electron chi connectivity index (χ4n) is 2.35. The van der Waals surface area contributed by atoms with Crippen LogP contribution in [0, 0.1) is 6.92 Å². The van der Waals surface area contributed by atoms with Crippen LogP contribution in [0.25, 0.3) is 5.70 Å². The minimum absolute atomic E-state index is 0.0530. The highest BCUT2D eigenvalue weighted by molar-refractivity contribution is 5.46. The molecule has 0 atom stereocenters. The molecule has 108 valence electrons. The van der Waals surface area contributed by atoms with Gasteiger partial charge in [-0.25, -0.2) is 4.99 Å². The Labute approximate surface area is 116 Å². The van der Waals surface area contributed by atoms with Crippen LogP contribution in [0.2, 0.25) is 0 Å². The molecule has 4 heteroatoms. The number of fused-ring (bicyclic) bond motifs is 1. The molecule has 0 aliphatic carbocycles. The van der Waals surface area contributed by atoms with Gasteiger partial charge in [0.15, 0.2) is 0 Å². The zero-order valence-corrected chi connectivity index (χ0v) is 13.4. The van der Waals surface area contributed by atoms with Gasteiger partial charge in [-0.3, -0.25) is 0 Å². The molecule has 0 spiro atoms. The van der Waals surface area contributed by atoms with Crippen LogP contribution in [-0.4, -0.2) is 29.7 Å². The van der Waals surface area contributed by atoms with Crippen molar-refractivity contribution in [3.63, 3.8) is 0 Å². The first-order chi connectivity index (χ1) is 8.86. The Bertz CT molecular complexity index is 546. The van der Waals surface area contributed by atoms with E-state index in [1.807, 2.05) is 20.9 Å². The van der Waals surface area contributed by atoms with Crippen molar-refractivity contribution < 1.29 is 0 Å². The quantitative estimate of drug-likeness (QED) is 0.827. The van der Waals surface area contributed by atoms with Gasteiger partial charge < -0.3 is 15.2 Å². The van der Waals surface area contributed by atoms with Crippen molar-refractivity contribution in [3.05, 3.63) is 22.5 Å². The van der Waals surface area contributed by atoms with Gasteiger partial charge in [-0.15, -0.1) is 0 Å². The van der Waals surface area contributed by atoms with Gasteiger partial charge in [0.05, 0.1) is 0 Å². The smallest absolute Gasteiger partial charge is 0.139 e. The highest BCUT2D eigenvalue weighted by Crippen LogP contribution is 2.12. The molecule has 2 heterocycles. The van der Waals surface area contributed by atoms with Gasteiger partial charge in [0.25, 0.3) is 0 Å². The Kier molecular flexibility index (Phi) is 4.80. The van der Waals surface area contributed by atoms with E-state index in [0.717, 1.165) is 5.49 Å². The molecule has 0 radical (unpaired) electrons. The van der Waals surface area contributed by atoms with Crippen molar-refractivity contribution in [2.75, 3.05) is 20.3 Å². The third kappa shape index (κ3) is 2.84. The molecule has 1 aromatic heterocycles. The van der Waals surface area contributed by atoms with Crippen molar-refractivity contribution in [2.45, 2.75) is 47.1 Å². The van der Waals surface area contributed by atoms with Crippen molar-refractivity contribution in [2.24, 2.45) is 10.7 Å². The second kappa shape index (κ2) is 5.78. The van der Waals surface area contributed by atoms with Gasteiger partial charge in [-0.05, 0) is 33.3 Å². The second-order valence-electron chi connectivity index (χ2n) is 5.70. The Morgan fingerprint density at radius 2 is 1.89 bits per heavy atom. The lowest BCUT2D eigenvalue weighted by molar-refractivity contribution is 0.373. The average Bonchev–Trinajstić information content (AvgIpc) is 2.70. The molecular weight excluding hydrogens is 236 g/mol. The first-order valence-electron chi connectivity index (χ1n) is 7.03. The highest BCUT2D eigenvalue weighted by Gasteiger charge is 2.20. The average molecular weight is 264 g/mol. The summed E-state index contributed by atoms with van der Waals surface area (Å²) in [5.74, 6) is 0. The van der Waals surface area contributed by atoms with E-state index in [2.05, 4.69) is 48.4 Å². The van der Waals surface area contributed by atoms with Crippen LogP contribution in [0.4, 0.5) is 0 Å². The molecule has 0 saturated carbocycles. The topological polar surface area (TPSA) is 46.5 Å². The molecule has 19 heavy (non-hydrogen) atoms. The number of aryl methyl sites for hydroxylation is 1. The molecule has 2 rings (SSSR count).